The molecule has 0 heterocycles. The molecule has 5 nitrogen and oxygen atoms in total. The zero-order valence-electron chi connectivity index (χ0n) is 14.6. The highest BCUT2D eigenvalue weighted by Gasteiger charge is 2.22. The number of methoxy groups -OCH3 is 1. The first-order valence-corrected chi connectivity index (χ1v) is 8.53. The molecule has 0 aromatic heterocycles. The van der Waals surface area contributed by atoms with E-state index in [9.17, 15) is 4.79 Å². The Bertz CT molecular complexity index is 639. The van der Waals surface area contributed by atoms with Crippen LogP contribution in [0.5, 0.6) is 5.75 Å². The topological polar surface area (TPSA) is 59.6 Å². The molecule has 0 radical (unpaired) electrons. The third-order valence-corrected chi connectivity index (χ3v) is 3.74. The second kappa shape index (κ2) is 12.5. The molecule has 7 heteroatoms. The Hall–Kier alpha value is -1.79. The first-order chi connectivity index (χ1) is 12.2. The molecule has 142 valence electrons. The van der Waals surface area contributed by atoms with Crippen LogP contribution in [0.2, 0.25) is 5.02 Å². The van der Waals surface area contributed by atoms with Gasteiger partial charge in [0.15, 0.2) is 0 Å². The van der Waals surface area contributed by atoms with E-state index in [-0.39, 0.29) is 18.3 Å². The molecule has 0 saturated heterocycles. The van der Waals surface area contributed by atoms with Crippen LogP contribution >= 0.6 is 24.0 Å². The Labute approximate surface area is 165 Å². The summed E-state index contributed by atoms with van der Waals surface area (Å²) in [5.74, 6) is 0.404. The SMILES string of the molecule is COCCNCCNC(=O)C(Oc1ccc(Cl)cc1)c1ccccc1.Cl. The number of nitrogens with one attached hydrogen (secondary N) is 2. The molecular weight excluding hydrogens is 375 g/mol. The molecule has 1 atom stereocenters. The van der Waals surface area contributed by atoms with Crippen molar-refractivity contribution < 1.29 is 14.3 Å². The van der Waals surface area contributed by atoms with Crippen molar-refractivity contribution in [2.75, 3.05) is 33.4 Å². The summed E-state index contributed by atoms with van der Waals surface area (Å²) in [5.41, 5.74) is 0.794. The number of benzene rings is 2. The smallest absolute Gasteiger partial charge is 0.265 e. The lowest BCUT2D eigenvalue weighted by Crippen LogP contribution is -2.37. The fraction of sp³-hybridized carbons (Fsp3) is 0.316. The molecule has 0 saturated carbocycles. The molecule has 1 amide bonds. The van der Waals surface area contributed by atoms with Gasteiger partial charge in [0.05, 0.1) is 6.61 Å². The van der Waals surface area contributed by atoms with Crippen molar-refractivity contribution in [2.45, 2.75) is 6.10 Å². The molecule has 0 fully saturated rings. The highest BCUT2D eigenvalue weighted by molar-refractivity contribution is 6.30. The van der Waals surface area contributed by atoms with Crippen LogP contribution in [0.15, 0.2) is 54.6 Å². The van der Waals surface area contributed by atoms with Crippen LogP contribution in [-0.4, -0.2) is 39.3 Å². The lowest BCUT2D eigenvalue weighted by Gasteiger charge is -2.19. The molecule has 0 aliphatic carbocycles. The number of rotatable bonds is 10. The minimum atomic E-state index is -0.721. The van der Waals surface area contributed by atoms with Crippen molar-refractivity contribution in [3.8, 4) is 5.75 Å². The largest absolute Gasteiger partial charge is 0.476 e. The van der Waals surface area contributed by atoms with Crippen LogP contribution in [0, 0.1) is 0 Å². The normalized spacial score (nSPS) is 11.3. The van der Waals surface area contributed by atoms with Crippen molar-refractivity contribution in [3.63, 3.8) is 0 Å². The quantitative estimate of drug-likeness (QED) is 0.603. The Morgan fingerprint density at radius 3 is 2.38 bits per heavy atom. The van der Waals surface area contributed by atoms with E-state index in [1.54, 1.807) is 31.4 Å². The minimum absolute atomic E-state index is 0. The molecule has 1 unspecified atom stereocenters. The van der Waals surface area contributed by atoms with Gasteiger partial charge in [-0.2, -0.15) is 0 Å². The second-order valence-electron chi connectivity index (χ2n) is 5.40. The van der Waals surface area contributed by atoms with Crippen LogP contribution in [-0.2, 0) is 9.53 Å². The van der Waals surface area contributed by atoms with Gasteiger partial charge in [-0.05, 0) is 24.3 Å². The van der Waals surface area contributed by atoms with E-state index < -0.39 is 6.10 Å². The summed E-state index contributed by atoms with van der Waals surface area (Å²) in [7, 11) is 1.65. The monoisotopic (exact) mass is 398 g/mol. The standard InChI is InChI=1S/C19H23ClN2O3.ClH/c1-24-14-13-21-11-12-22-19(23)18(15-5-3-2-4-6-15)25-17-9-7-16(20)8-10-17;/h2-10,18,21H,11-14H2,1H3,(H,22,23);1H. The van der Waals surface area contributed by atoms with Crippen molar-refractivity contribution >= 4 is 29.9 Å². The molecule has 2 aromatic rings. The predicted octanol–water partition coefficient (Wildman–Crippen LogP) is 3.23. The highest BCUT2D eigenvalue weighted by atomic mass is 35.5. The lowest BCUT2D eigenvalue weighted by molar-refractivity contribution is -0.128. The molecular formula is C19H24Cl2N2O3. The van der Waals surface area contributed by atoms with Gasteiger partial charge in [0, 0.05) is 37.3 Å². The number of carbonyl (C=O) groups is 1. The number of amides is 1. The molecule has 2 aromatic carbocycles. The van der Waals surface area contributed by atoms with Crippen LogP contribution in [0.1, 0.15) is 11.7 Å². The molecule has 2 N–H and O–H groups in total. The fourth-order valence-electron chi connectivity index (χ4n) is 2.22. The van der Waals surface area contributed by atoms with Crippen molar-refractivity contribution in [2.24, 2.45) is 0 Å². The van der Waals surface area contributed by atoms with Crippen LogP contribution in [0.25, 0.3) is 0 Å². The van der Waals surface area contributed by atoms with E-state index in [2.05, 4.69) is 10.6 Å². The molecule has 0 bridgehead atoms. The zero-order chi connectivity index (χ0) is 17.9. The van der Waals surface area contributed by atoms with Gasteiger partial charge in [-0.15, -0.1) is 12.4 Å². The maximum atomic E-state index is 12.6. The average molecular weight is 399 g/mol. The van der Waals surface area contributed by atoms with Crippen molar-refractivity contribution in [1.82, 2.24) is 10.6 Å². The maximum Gasteiger partial charge on any atom is 0.265 e. The van der Waals surface area contributed by atoms with E-state index in [1.807, 2.05) is 30.3 Å². The summed E-state index contributed by atoms with van der Waals surface area (Å²) >= 11 is 5.90. The molecule has 26 heavy (non-hydrogen) atoms. The maximum absolute atomic E-state index is 12.6. The summed E-state index contributed by atoms with van der Waals surface area (Å²) in [6, 6.07) is 16.4. The second-order valence-corrected chi connectivity index (χ2v) is 5.83. The number of ether oxygens (including phenoxy) is 2. The minimum Gasteiger partial charge on any atom is -0.476 e. The fourth-order valence-corrected chi connectivity index (χ4v) is 2.34. The summed E-state index contributed by atoms with van der Waals surface area (Å²) in [4.78, 5) is 12.6. The van der Waals surface area contributed by atoms with Gasteiger partial charge in [0.1, 0.15) is 5.75 Å². The Kier molecular flexibility index (Phi) is 10.7. The van der Waals surface area contributed by atoms with Gasteiger partial charge >= 0.3 is 0 Å². The summed E-state index contributed by atoms with van der Waals surface area (Å²) in [6.07, 6.45) is -0.721. The third-order valence-electron chi connectivity index (χ3n) is 3.49. The number of hydrogen-bond donors (Lipinski definition) is 2. The molecule has 0 spiro atoms. The van der Waals surface area contributed by atoms with Crippen molar-refractivity contribution in [3.05, 3.63) is 65.2 Å². The summed E-state index contributed by atoms with van der Waals surface area (Å²) < 4.78 is 10.9. The van der Waals surface area contributed by atoms with Gasteiger partial charge in [0.25, 0.3) is 5.91 Å². The number of carbonyl (C=O) groups excluding carboxylic acids is 1. The predicted molar refractivity (Wildman–Crippen MR) is 106 cm³/mol. The average Bonchev–Trinajstić information content (AvgIpc) is 2.64. The van der Waals surface area contributed by atoms with E-state index in [0.29, 0.717) is 30.5 Å². The van der Waals surface area contributed by atoms with Gasteiger partial charge in [-0.25, -0.2) is 0 Å². The van der Waals surface area contributed by atoms with Crippen LogP contribution < -0.4 is 15.4 Å². The van der Waals surface area contributed by atoms with Gasteiger partial charge in [-0.1, -0.05) is 41.9 Å². The van der Waals surface area contributed by atoms with Crippen LogP contribution in [0.4, 0.5) is 0 Å². The highest BCUT2D eigenvalue weighted by Crippen LogP contribution is 2.23. The Morgan fingerprint density at radius 2 is 1.73 bits per heavy atom. The third kappa shape index (κ3) is 7.62. The molecule has 0 aliphatic heterocycles. The number of halogens is 2. The summed E-state index contributed by atoms with van der Waals surface area (Å²) in [5, 5.41) is 6.70. The van der Waals surface area contributed by atoms with Gasteiger partial charge in [0.2, 0.25) is 6.10 Å². The van der Waals surface area contributed by atoms with E-state index in [0.717, 1.165) is 12.1 Å². The first-order valence-electron chi connectivity index (χ1n) is 8.15. The summed E-state index contributed by atoms with van der Waals surface area (Å²) in [6.45, 7) is 2.56. The first kappa shape index (κ1) is 22.3. The van der Waals surface area contributed by atoms with Gasteiger partial charge in [-0.3, -0.25) is 4.79 Å². The van der Waals surface area contributed by atoms with E-state index in [1.165, 1.54) is 0 Å². The molecule has 0 aliphatic rings. The number of hydrogen-bond acceptors (Lipinski definition) is 4. The Balaban J connectivity index is 0.00000338. The van der Waals surface area contributed by atoms with E-state index in [4.69, 9.17) is 21.1 Å². The van der Waals surface area contributed by atoms with Crippen LogP contribution in [0.3, 0.4) is 0 Å². The lowest BCUT2D eigenvalue weighted by atomic mass is 10.1. The van der Waals surface area contributed by atoms with Crippen molar-refractivity contribution in [1.29, 1.82) is 0 Å². The molecule has 2 rings (SSSR count). The van der Waals surface area contributed by atoms with Gasteiger partial charge < -0.3 is 20.1 Å². The zero-order valence-corrected chi connectivity index (χ0v) is 16.2. The Morgan fingerprint density at radius 1 is 1.04 bits per heavy atom. The van der Waals surface area contributed by atoms with E-state index >= 15 is 0 Å².